The van der Waals surface area contributed by atoms with E-state index in [1.54, 1.807) is 0 Å². The van der Waals surface area contributed by atoms with Gasteiger partial charge in [-0.2, -0.15) is 0 Å². The Balaban J connectivity index is 0.00000121. The lowest BCUT2D eigenvalue weighted by Gasteiger charge is -2.06. The third-order valence-corrected chi connectivity index (χ3v) is 1.94. The molecule has 0 saturated heterocycles. The lowest BCUT2D eigenvalue weighted by atomic mass is 10.1. The third kappa shape index (κ3) is 3.96. The van der Waals surface area contributed by atoms with Crippen molar-refractivity contribution in [3.63, 3.8) is 0 Å². The van der Waals surface area contributed by atoms with E-state index in [2.05, 4.69) is 12.1 Å². The van der Waals surface area contributed by atoms with E-state index >= 15 is 0 Å². The summed E-state index contributed by atoms with van der Waals surface area (Å²) >= 11 is 5.58. The fraction of sp³-hybridized carbons (Fsp3) is 0.333. The normalized spacial score (nSPS) is 11.8. The number of alkyl halides is 1. The molecule has 68 valence electrons. The van der Waals surface area contributed by atoms with E-state index in [1.807, 2.05) is 18.2 Å². The highest BCUT2D eigenvalue weighted by molar-refractivity contribution is 6.18. The van der Waals surface area contributed by atoms with Crippen molar-refractivity contribution in [3.8, 4) is 0 Å². The van der Waals surface area contributed by atoms with Gasteiger partial charge in [0.1, 0.15) is 0 Å². The first-order chi connectivity index (χ1) is 5.33. The molecule has 0 saturated carbocycles. The maximum Gasteiger partial charge on any atom is 0.0378 e. The zero-order valence-corrected chi connectivity index (χ0v) is 8.31. The minimum absolute atomic E-state index is 0. The summed E-state index contributed by atoms with van der Waals surface area (Å²) in [5.74, 6) is 0.523. The van der Waals surface area contributed by atoms with Gasteiger partial charge in [-0.3, -0.25) is 0 Å². The van der Waals surface area contributed by atoms with E-state index in [0.29, 0.717) is 5.88 Å². The van der Waals surface area contributed by atoms with Crippen molar-refractivity contribution < 1.29 is 0 Å². The molecule has 0 bridgehead atoms. The molecule has 2 N–H and O–H groups in total. The van der Waals surface area contributed by atoms with Gasteiger partial charge in [-0.05, 0) is 12.0 Å². The summed E-state index contributed by atoms with van der Waals surface area (Å²) in [6.07, 6.45) is 0.865. The molecule has 0 heterocycles. The molecule has 0 spiro atoms. The number of rotatable bonds is 3. The molecule has 1 aromatic rings. The Morgan fingerprint density at radius 1 is 1.25 bits per heavy atom. The summed E-state index contributed by atoms with van der Waals surface area (Å²) in [7, 11) is 0. The van der Waals surface area contributed by atoms with E-state index in [-0.39, 0.29) is 18.4 Å². The molecule has 3 heteroatoms. The molecule has 1 unspecified atom stereocenters. The maximum atomic E-state index is 5.67. The highest BCUT2D eigenvalue weighted by Crippen LogP contribution is 2.02. The zero-order valence-electron chi connectivity index (χ0n) is 6.74. The van der Waals surface area contributed by atoms with Crippen LogP contribution in [-0.4, -0.2) is 11.9 Å². The second-order valence-electron chi connectivity index (χ2n) is 2.60. The van der Waals surface area contributed by atoms with E-state index in [1.165, 1.54) is 5.56 Å². The predicted molar refractivity (Wildman–Crippen MR) is 56.1 cm³/mol. The van der Waals surface area contributed by atoms with E-state index in [9.17, 15) is 0 Å². The maximum absolute atomic E-state index is 5.67. The molecule has 1 rings (SSSR count). The minimum Gasteiger partial charge on any atom is -0.326 e. The minimum atomic E-state index is 0. The lowest BCUT2D eigenvalue weighted by molar-refractivity contribution is 0.745. The molecular formula is C9H13Cl2N. The van der Waals surface area contributed by atoms with Gasteiger partial charge in [-0.25, -0.2) is 0 Å². The smallest absolute Gasteiger partial charge is 0.0378 e. The van der Waals surface area contributed by atoms with Gasteiger partial charge >= 0.3 is 0 Å². The largest absolute Gasteiger partial charge is 0.326 e. The first-order valence-electron chi connectivity index (χ1n) is 3.68. The van der Waals surface area contributed by atoms with Crippen LogP contribution in [0, 0.1) is 0 Å². The van der Waals surface area contributed by atoms with Crippen LogP contribution in [-0.2, 0) is 6.42 Å². The Morgan fingerprint density at radius 3 is 2.33 bits per heavy atom. The molecule has 1 aromatic carbocycles. The number of halogens is 2. The zero-order chi connectivity index (χ0) is 8.10. The van der Waals surface area contributed by atoms with Gasteiger partial charge < -0.3 is 5.73 Å². The van der Waals surface area contributed by atoms with Crippen molar-refractivity contribution in [3.05, 3.63) is 35.9 Å². The van der Waals surface area contributed by atoms with Gasteiger partial charge in [0.2, 0.25) is 0 Å². The molecule has 1 atom stereocenters. The van der Waals surface area contributed by atoms with Gasteiger partial charge in [-0.1, -0.05) is 30.3 Å². The highest BCUT2D eigenvalue weighted by atomic mass is 35.5. The summed E-state index contributed by atoms with van der Waals surface area (Å²) in [4.78, 5) is 0. The van der Waals surface area contributed by atoms with Crippen LogP contribution in [0.1, 0.15) is 5.56 Å². The molecule has 0 aliphatic rings. The topological polar surface area (TPSA) is 26.0 Å². The second kappa shape index (κ2) is 6.30. The van der Waals surface area contributed by atoms with Crippen molar-refractivity contribution in [1.29, 1.82) is 0 Å². The molecule has 1 nitrogen and oxygen atoms in total. The number of hydrogen-bond acceptors (Lipinski definition) is 1. The highest BCUT2D eigenvalue weighted by Gasteiger charge is 2.00. The SMILES string of the molecule is Cl.NC(CCl)Cc1ccccc1. The average Bonchev–Trinajstić information content (AvgIpc) is 2.06. The van der Waals surface area contributed by atoms with Crippen molar-refractivity contribution in [2.24, 2.45) is 5.73 Å². The fourth-order valence-electron chi connectivity index (χ4n) is 0.971. The molecule has 0 aromatic heterocycles. The molecule has 0 aliphatic carbocycles. The quantitative estimate of drug-likeness (QED) is 0.754. The third-order valence-electron chi connectivity index (χ3n) is 1.54. The van der Waals surface area contributed by atoms with Gasteiger partial charge in [0.15, 0.2) is 0 Å². The first-order valence-corrected chi connectivity index (χ1v) is 4.22. The standard InChI is InChI=1S/C9H12ClN.ClH/c10-7-9(11)6-8-4-2-1-3-5-8;/h1-5,9H,6-7,11H2;1H. The fourth-order valence-corrected chi connectivity index (χ4v) is 1.08. The summed E-state index contributed by atoms with van der Waals surface area (Å²) in [6.45, 7) is 0. The predicted octanol–water partition coefficient (Wildman–Crippen LogP) is 2.22. The summed E-state index contributed by atoms with van der Waals surface area (Å²) in [5, 5.41) is 0. The molecule has 0 fully saturated rings. The number of hydrogen-bond donors (Lipinski definition) is 1. The molecule has 0 amide bonds. The molecule has 0 aliphatic heterocycles. The summed E-state index contributed by atoms with van der Waals surface area (Å²) in [5.41, 5.74) is 6.92. The monoisotopic (exact) mass is 205 g/mol. The van der Waals surface area contributed by atoms with E-state index < -0.39 is 0 Å². The van der Waals surface area contributed by atoms with Gasteiger partial charge in [0.05, 0.1) is 0 Å². The van der Waals surface area contributed by atoms with Crippen molar-refractivity contribution in [1.82, 2.24) is 0 Å². The Bertz CT molecular complexity index is 201. The lowest BCUT2D eigenvalue weighted by Crippen LogP contribution is -2.24. The molecule has 12 heavy (non-hydrogen) atoms. The Hall–Kier alpha value is -0.240. The van der Waals surface area contributed by atoms with Gasteiger partial charge in [0.25, 0.3) is 0 Å². The summed E-state index contributed by atoms with van der Waals surface area (Å²) < 4.78 is 0. The summed E-state index contributed by atoms with van der Waals surface area (Å²) in [6, 6.07) is 10.2. The van der Waals surface area contributed by atoms with Crippen LogP contribution in [0.3, 0.4) is 0 Å². The van der Waals surface area contributed by atoms with Gasteiger partial charge in [0, 0.05) is 11.9 Å². The van der Waals surface area contributed by atoms with Crippen LogP contribution < -0.4 is 5.73 Å². The molecular weight excluding hydrogens is 193 g/mol. The van der Waals surface area contributed by atoms with Crippen molar-refractivity contribution in [2.75, 3.05) is 5.88 Å². The molecule has 0 radical (unpaired) electrons. The van der Waals surface area contributed by atoms with E-state index in [0.717, 1.165) is 6.42 Å². The van der Waals surface area contributed by atoms with Crippen LogP contribution in [0.5, 0.6) is 0 Å². The van der Waals surface area contributed by atoms with Crippen LogP contribution in [0.15, 0.2) is 30.3 Å². The average molecular weight is 206 g/mol. The van der Waals surface area contributed by atoms with Crippen LogP contribution in [0.25, 0.3) is 0 Å². The number of nitrogens with two attached hydrogens (primary N) is 1. The van der Waals surface area contributed by atoms with Crippen LogP contribution in [0.4, 0.5) is 0 Å². The Labute approximate surface area is 84.3 Å². The Morgan fingerprint density at radius 2 is 1.83 bits per heavy atom. The Kier molecular flexibility index (Phi) is 6.17. The van der Waals surface area contributed by atoms with Crippen molar-refractivity contribution >= 4 is 24.0 Å². The van der Waals surface area contributed by atoms with Crippen LogP contribution >= 0.6 is 24.0 Å². The van der Waals surface area contributed by atoms with Gasteiger partial charge in [-0.15, -0.1) is 24.0 Å². The first kappa shape index (κ1) is 11.8. The van der Waals surface area contributed by atoms with E-state index in [4.69, 9.17) is 17.3 Å². The van der Waals surface area contributed by atoms with Crippen LogP contribution in [0.2, 0.25) is 0 Å². The number of benzene rings is 1. The van der Waals surface area contributed by atoms with Crippen molar-refractivity contribution in [2.45, 2.75) is 12.5 Å². The second-order valence-corrected chi connectivity index (χ2v) is 2.91.